The molecule has 0 aliphatic carbocycles. The van der Waals surface area contributed by atoms with Crippen LogP contribution in [0.2, 0.25) is 0 Å². The average molecular weight is 311 g/mol. The van der Waals surface area contributed by atoms with Gasteiger partial charge in [-0.25, -0.2) is 0 Å². The predicted molar refractivity (Wildman–Crippen MR) is 86.6 cm³/mol. The lowest BCUT2D eigenvalue weighted by Gasteiger charge is -2.23. The number of nitrogens with one attached hydrogen (secondary N) is 1. The van der Waals surface area contributed by atoms with Crippen LogP contribution in [-0.2, 0) is 10.8 Å². The monoisotopic (exact) mass is 311 g/mol. The van der Waals surface area contributed by atoms with Gasteiger partial charge in [0.15, 0.2) is 11.5 Å². The molecule has 2 atom stereocenters. The van der Waals surface area contributed by atoms with Crippen molar-refractivity contribution in [1.29, 1.82) is 0 Å². The van der Waals surface area contributed by atoms with E-state index < -0.39 is 10.8 Å². The van der Waals surface area contributed by atoms with Gasteiger partial charge in [-0.3, -0.25) is 4.21 Å². The number of rotatable bonds is 4. The van der Waals surface area contributed by atoms with E-state index in [0.29, 0.717) is 19.0 Å². The molecule has 1 aliphatic heterocycles. The highest BCUT2D eigenvalue weighted by Crippen LogP contribution is 2.32. The summed E-state index contributed by atoms with van der Waals surface area (Å²) in [5.41, 5.74) is 1.08. The minimum atomic E-state index is -0.907. The minimum Gasteiger partial charge on any atom is -0.490 e. The van der Waals surface area contributed by atoms with Crippen LogP contribution < -0.4 is 14.8 Å². The van der Waals surface area contributed by atoms with Crippen molar-refractivity contribution in [2.75, 3.05) is 26.0 Å². The summed E-state index contributed by atoms with van der Waals surface area (Å²) in [4.78, 5) is 0. The molecule has 1 heterocycles. The summed E-state index contributed by atoms with van der Waals surface area (Å²) in [5, 5.41) is 3.25. The molecule has 1 aromatic carbocycles. The molecule has 0 aromatic heterocycles. The Morgan fingerprint density at radius 1 is 1.24 bits per heavy atom. The van der Waals surface area contributed by atoms with Gasteiger partial charge in [-0.05, 0) is 45.5 Å². The first-order valence-corrected chi connectivity index (χ1v) is 8.69. The SMILES string of the molecule is CNC(CS(=O)C(C)(C)C)c1ccc2c(c1)OCCCO2. The lowest BCUT2D eigenvalue weighted by Crippen LogP contribution is -2.31. The van der Waals surface area contributed by atoms with Crippen molar-refractivity contribution < 1.29 is 13.7 Å². The van der Waals surface area contributed by atoms with Crippen molar-refractivity contribution in [2.24, 2.45) is 0 Å². The number of hydrogen-bond donors (Lipinski definition) is 1. The van der Waals surface area contributed by atoms with Crippen molar-refractivity contribution in [3.8, 4) is 11.5 Å². The van der Waals surface area contributed by atoms with E-state index in [1.54, 1.807) is 0 Å². The summed E-state index contributed by atoms with van der Waals surface area (Å²) in [6.45, 7) is 7.38. The molecule has 0 fully saturated rings. The van der Waals surface area contributed by atoms with Gasteiger partial charge in [0.25, 0.3) is 0 Å². The maximum absolute atomic E-state index is 12.4. The van der Waals surface area contributed by atoms with E-state index in [1.807, 2.05) is 46.0 Å². The second-order valence-electron chi connectivity index (χ2n) is 6.22. The second-order valence-corrected chi connectivity index (χ2v) is 8.47. The van der Waals surface area contributed by atoms with Gasteiger partial charge >= 0.3 is 0 Å². The number of ether oxygens (including phenoxy) is 2. The molecule has 21 heavy (non-hydrogen) atoms. The zero-order chi connectivity index (χ0) is 15.5. The Balaban J connectivity index is 2.19. The van der Waals surface area contributed by atoms with E-state index >= 15 is 0 Å². The van der Waals surface area contributed by atoms with Crippen LogP contribution in [0.1, 0.15) is 38.8 Å². The topological polar surface area (TPSA) is 47.6 Å². The minimum absolute atomic E-state index is 0.0437. The smallest absolute Gasteiger partial charge is 0.161 e. The maximum atomic E-state index is 12.4. The normalized spacial score (nSPS) is 17.9. The maximum Gasteiger partial charge on any atom is 0.161 e. The van der Waals surface area contributed by atoms with E-state index in [2.05, 4.69) is 5.32 Å². The summed E-state index contributed by atoms with van der Waals surface area (Å²) < 4.78 is 23.5. The first kappa shape index (κ1) is 16.3. The third kappa shape index (κ3) is 4.20. The quantitative estimate of drug-likeness (QED) is 0.928. The van der Waals surface area contributed by atoms with Crippen LogP contribution >= 0.6 is 0 Å². The Morgan fingerprint density at radius 3 is 2.52 bits per heavy atom. The molecule has 0 spiro atoms. The van der Waals surface area contributed by atoms with E-state index in [-0.39, 0.29) is 10.8 Å². The van der Waals surface area contributed by atoms with Crippen LogP contribution in [-0.4, -0.2) is 35.0 Å². The van der Waals surface area contributed by atoms with Crippen molar-refractivity contribution in [3.63, 3.8) is 0 Å². The molecule has 4 nitrogen and oxygen atoms in total. The Labute approximate surface area is 129 Å². The van der Waals surface area contributed by atoms with E-state index in [0.717, 1.165) is 23.5 Å². The molecule has 1 N–H and O–H groups in total. The summed E-state index contributed by atoms with van der Waals surface area (Å²) >= 11 is 0. The zero-order valence-electron chi connectivity index (χ0n) is 13.3. The largest absolute Gasteiger partial charge is 0.490 e. The van der Waals surface area contributed by atoms with Gasteiger partial charge in [0.2, 0.25) is 0 Å². The molecule has 0 amide bonds. The Morgan fingerprint density at radius 2 is 1.90 bits per heavy atom. The molecule has 118 valence electrons. The fourth-order valence-corrected chi connectivity index (χ4v) is 3.31. The fraction of sp³-hybridized carbons (Fsp3) is 0.625. The van der Waals surface area contributed by atoms with Gasteiger partial charge in [0.1, 0.15) is 0 Å². The molecule has 2 rings (SSSR count). The zero-order valence-corrected chi connectivity index (χ0v) is 14.1. The van der Waals surface area contributed by atoms with Crippen molar-refractivity contribution in [3.05, 3.63) is 23.8 Å². The molecular weight excluding hydrogens is 286 g/mol. The molecule has 0 saturated carbocycles. The highest BCUT2D eigenvalue weighted by Gasteiger charge is 2.24. The molecule has 1 aromatic rings. The third-order valence-corrected chi connectivity index (χ3v) is 5.53. The Kier molecular flexibility index (Phi) is 5.27. The van der Waals surface area contributed by atoms with E-state index in [4.69, 9.17) is 9.47 Å². The molecule has 0 saturated heterocycles. The first-order valence-electron chi connectivity index (χ1n) is 7.37. The van der Waals surface area contributed by atoms with Crippen LogP contribution in [0.5, 0.6) is 11.5 Å². The Bertz CT molecular complexity index is 511. The Hall–Kier alpha value is -1.07. The van der Waals surface area contributed by atoms with Crippen LogP contribution in [0.3, 0.4) is 0 Å². The van der Waals surface area contributed by atoms with E-state index in [9.17, 15) is 4.21 Å². The van der Waals surface area contributed by atoms with Gasteiger partial charge in [-0.1, -0.05) is 6.07 Å². The standard InChI is InChI=1S/C16H25NO3S/c1-16(2,3)21(18)11-13(17-4)12-6-7-14-15(10-12)20-9-5-8-19-14/h6-7,10,13,17H,5,8-9,11H2,1-4H3. The van der Waals surface area contributed by atoms with Crippen molar-refractivity contribution in [1.82, 2.24) is 5.32 Å². The number of benzene rings is 1. The number of fused-ring (bicyclic) bond motifs is 1. The van der Waals surface area contributed by atoms with Gasteiger partial charge in [-0.2, -0.15) is 0 Å². The molecule has 0 radical (unpaired) electrons. The highest BCUT2D eigenvalue weighted by atomic mass is 32.2. The predicted octanol–water partition coefficient (Wildman–Crippen LogP) is 2.66. The summed E-state index contributed by atoms with van der Waals surface area (Å²) in [6.07, 6.45) is 0.896. The van der Waals surface area contributed by atoms with Crippen molar-refractivity contribution >= 4 is 10.8 Å². The molecule has 2 unspecified atom stereocenters. The second kappa shape index (κ2) is 6.79. The lowest BCUT2D eigenvalue weighted by atomic mass is 10.1. The van der Waals surface area contributed by atoms with Crippen LogP contribution in [0.15, 0.2) is 18.2 Å². The third-order valence-electron chi connectivity index (χ3n) is 3.52. The molecule has 5 heteroatoms. The molecule has 0 bridgehead atoms. The van der Waals surface area contributed by atoms with E-state index in [1.165, 1.54) is 0 Å². The van der Waals surface area contributed by atoms with Gasteiger partial charge in [0, 0.05) is 33.8 Å². The van der Waals surface area contributed by atoms with Crippen molar-refractivity contribution in [2.45, 2.75) is 38.0 Å². The first-order chi connectivity index (χ1) is 9.91. The van der Waals surface area contributed by atoms with Gasteiger partial charge < -0.3 is 14.8 Å². The summed E-state index contributed by atoms with van der Waals surface area (Å²) in [6, 6.07) is 6.01. The highest BCUT2D eigenvalue weighted by molar-refractivity contribution is 7.86. The summed E-state index contributed by atoms with van der Waals surface area (Å²) in [5.74, 6) is 2.16. The lowest BCUT2D eigenvalue weighted by molar-refractivity contribution is 0.297. The number of hydrogen-bond acceptors (Lipinski definition) is 4. The van der Waals surface area contributed by atoms with Crippen LogP contribution in [0, 0.1) is 0 Å². The van der Waals surface area contributed by atoms with Gasteiger partial charge in [0.05, 0.1) is 13.2 Å². The average Bonchev–Trinajstić information content (AvgIpc) is 2.67. The van der Waals surface area contributed by atoms with Crippen LogP contribution in [0.4, 0.5) is 0 Å². The van der Waals surface area contributed by atoms with Gasteiger partial charge in [-0.15, -0.1) is 0 Å². The fourth-order valence-electron chi connectivity index (χ4n) is 2.14. The molecular formula is C16H25NO3S. The molecule has 1 aliphatic rings. The summed E-state index contributed by atoms with van der Waals surface area (Å²) in [7, 11) is 0.989. The van der Waals surface area contributed by atoms with Crippen LogP contribution in [0.25, 0.3) is 0 Å².